The van der Waals surface area contributed by atoms with E-state index in [-0.39, 0.29) is 0 Å². The molecule has 0 unspecified atom stereocenters. The average molecular weight is 340 g/mol. The molecule has 4 heterocycles. The number of nitrogens with zero attached hydrogens (tertiary/aromatic N) is 5. The maximum Gasteiger partial charge on any atom is 0.157 e. The van der Waals surface area contributed by atoms with E-state index in [0.717, 1.165) is 49.0 Å². The minimum atomic E-state index is 0.656. The van der Waals surface area contributed by atoms with E-state index in [0.29, 0.717) is 5.92 Å². The van der Waals surface area contributed by atoms with E-state index in [2.05, 4.69) is 29.8 Å². The molecule has 3 aromatic heterocycles. The normalized spacial score (nSPS) is 18.3. The Morgan fingerprint density at radius 1 is 1.21 bits per heavy atom. The maximum absolute atomic E-state index is 4.58. The second kappa shape index (κ2) is 6.78. The van der Waals surface area contributed by atoms with Crippen molar-refractivity contribution in [3.8, 4) is 11.5 Å². The molecule has 4 rings (SSSR count). The summed E-state index contributed by atoms with van der Waals surface area (Å²) in [5.74, 6) is 1.44. The Balaban J connectivity index is 1.34. The fourth-order valence-electron chi connectivity index (χ4n) is 3.18. The van der Waals surface area contributed by atoms with Gasteiger partial charge < -0.3 is 4.98 Å². The van der Waals surface area contributed by atoms with Crippen molar-refractivity contribution >= 4 is 11.3 Å². The largest absolute Gasteiger partial charge is 0.341 e. The van der Waals surface area contributed by atoms with Crippen LogP contribution in [0.4, 0.5) is 0 Å². The second-order valence-electron chi connectivity index (χ2n) is 6.37. The van der Waals surface area contributed by atoms with Gasteiger partial charge in [-0.2, -0.15) is 0 Å². The predicted octanol–water partition coefficient (Wildman–Crippen LogP) is 2.70. The van der Waals surface area contributed by atoms with Crippen molar-refractivity contribution in [3.63, 3.8) is 0 Å². The lowest BCUT2D eigenvalue weighted by Gasteiger charge is -2.14. The summed E-state index contributed by atoms with van der Waals surface area (Å²) in [4.78, 5) is 24.6. The first-order valence-corrected chi connectivity index (χ1v) is 9.07. The van der Waals surface area contributed by atoms with E-state index in [1.807, 2.05) is 31.0 Å². The molecule has 1 saturated heterocycles. The SMILES string of the molecule is Cc1cnc(-c2cnc(C[C@@H]3CCN(Cc4cncs4)C3)cn2)[nH]1. The number of H-pyrrole nitrogens is 1. The highest BCUT2D eigenvalue weighted by Gasteiger charge is 2.23. The number of thiazole rings is 1. The van der Waals surface area contributed by atoms with Crippen LogP contribution in [0.15, 0.2) is 30.3 Å². The van der Waals surface area contributed by atoms with Crippen molar-refractivity contribution in [2.75, 3.05) is 13.1 Å². The molecule has 0 aliphatic carbocycles. The second-order valence-corrected chi connectivity index (χ2v) is 7.34. The molecule has 6 nitrogen and oxygen atoms in total. The zero-order valence-corrected chi connectivity index (χ0v) is 14.5. The third-order valence-corrected chi connectivity index (χ3v) is 5.15. The summed E-state index contributed by atoms with van der Waals surface area (Å²) in [6, 6.07) is 0. The van der Waals surface area contributed by atoms with Crippen LogP contribution in [0.5, 0.6) is 0 Å². The first kappa shape index (κ1) is 15.4. The van der Waals surface area contributed by atoms with Gasteiger partial charge in [0.1, 0.15) is 5.69 Å². The minimum Gasteiger partial charge on any atom is -0.341 e. The lowest BCUT2D eigenvalue weighted by atomic mass is 10.0. The van der Waals surface area contributed by atoms with Crippen LogP contribution in [0.25, 0.3) is 11.5 Å². The average Bonchev–Trinajstić information content (AvgIpc) is 3.32. The third kappa shape index (κ3) is 3.52. The molecule has 124 valence electrons. The number of aromatic nitrogens is 5. The standard InChI is InChI=1S/C17H20N6S/c1-12-5-21-17(22-12)16-8-19-14(6-20-16)4-13-2-3-23(9-13)10-15-7-18-11-24-15/h5-8,11,13H,2-4,9-10H2,1H3,(H,21,22)/t13-/m0/s1. The van der Waals surface area contributed by atoms with Crippen LogP contribution in [0.1, 0.15) is 22.7 Å². The van der Waals surface area contributed by atoms with Gasteiger partial charge in [-0.25, -0.2) is 9.97 Å². The summed E-state index contributed by atoms with van der Waals surface area (Å²) < 4.78 is 0. The number of hydrogen-bond donors (Lipinski definition) is 1. The smallest absolute Gasteiger partial charge is 0.157 e. The third-order valence-electron chi connectivity index (χ3n) is 4.38. The fraction of sp³-hybridized carbons (Fsp3) is 0.412. The Morgan fingerprint density at radius 3 is 2.88 bits per heavy atom. The molecule has 0 bridgehead atoms. The maximum atomic E-state index is 4.58. The molecule has 1 N–H and O–H groups in total. The molecule has 0 aromatic carbocycles. The predicted molar refractivity (Wildman–Crippen MR) is 93.6 cm³/mol. The molecular formula is C17H20N6S. The molecule has 0 radical (unpaired) electrons. The van der Waals surface area contributed by atoms with Gasteiger partial charge in [0.15, 0.2) is 5.82 Å². The monoisotopic (exact) mass is 340 g/mol. The summed E-state index contributed by atoms with van der Waals surface area (Å²) in [6.07, 6.45) is 9.69. The van der Waals surface area contributed by atoms with Crippen LogP contribution < -0.4 is 0 Å². The Kier molecular flexibility index (Phi) is 4.36. The number of nitrogens with one attached hydrogen (secondary N) is 1. The van der Waals surface area contributed by atoms with E-state index in [4.69, 9.17) is 0 Å². The molecule has 0 saturated carbocycles. The molecule has 1 atom stereocenters. The van der Waals surface area contributed by atoms with Crippen molar-refractivity contribution in [2.45, 2.75) is 26.3 Å². The molecule has 0 amide bonds. The molecular weight excluding hydrogens is 320 g/mol. The topological polar surface area (TPSA) is 70.6 Å². The van der Waals surface area contributed by atoms with Crippen LogP contribution in [0.2, 0.25) is 0 Å². The van der Waals surface area contributed by atoms with Gasteiger partial charge in [0.25, 0.3) is 0 Å². The molecule has 24 heavy (non-hydrogen) atoms. The quantitative estimate of drug-likeness (QED) is 0.773. The van der Waals surface area contributed by atoms with Crippen LogP contribution in [-0.4, -0.2) is 42.9 Å². The van der Waals surface area contributed by atoms with E-state index < -0.39 is 0 Å². The van der Waals surface area contributed by atoms with Crippen LogP contribution in [0, 0.1) is 12.8 Å². The zero-order valence-electron chi connectivity index (χ0n) is 13.6. The highest BCUT2D eigenvalue weighted by molar-refractivity contribution is 7.09. The first-order valence-electron chi connectivity index (χ1n) is 8.19. The van der Waals surface area contributed by atoms with Crippen molar-refractivity contribution in [1.82, 2.24) is 29.8 Å². The molecule has 3 aromatic rings. The number of hydrogen-bond acceptors (Lipinski definition) is 6. The van der Waals surface area contributed by atoms with Gasteiger partial charge in [-0.3, -0.25) is 14.9 Å². The van der Waals surface area contributed by atoms with Crippen LogP contribution >= 0.6 is 11.3 Å². The number of rotatable bonds is 5. The van der Waals surface area contributed by atoms with E-state index in [9.17, 15) is 0 Å². The van der Waals surface area contributed by atoms with Gasteiger partial charge in [0.2, 0.25) is 0 Å². The Labute approximate surface area is 145 Å². The van der Waals surface area contributed by atoms with E-state index in [1.54, 1.807) is 17.5 Å². The number of imidazole rings is 1. The molecule has 7 heteroatoms. The summed E-state index contributed by atoms with van der Waals surface area (Å²) in [7, 11) is 0. The Morgan fingerprint density at radius 2 is 2.17 bits per heavy atom. The van der Waals surface area contributed by atoms with Gasteiger partial charge >= 0.3 is 0 Å². The van der Waals surface area contributed by atoms with E-state index in [1.165, 1.54) is 11.3 Å². The summed E-state index contributed by atoms with van der Waals surface area (Å²) >= 11 is 1.73. The highest BCUT2D eigenvalue weighted by atomic mass is 32.1. The summed E-state index contributed by atoms with van der Waals surface area (Å²) in [6.45, 7) is 5.28. The first-order chi connectivity index (χ1) is 11.8. The number of aryl methyl sites for hydroxylation is 1. The van der Waals surface area contributed by atoms with Crippen molar-refractivity contribution < 1.29 is 0 Å². The Bertz CT molecular complexity index is 780. The van der Waals surface area contributed by atoms with Crippen LogP contribution in [-0.2, 0) is 13.0 Å². The van der Waals surface area contributed by atoms with Gasteiger partial charge in [0, 0.05) is 42.3 Å². The van der Waals surface area contributed by atoms with Gasteiger partial charge in [-0.1, -0.05) is 0 Å². The van der Waals surface area contributed by atoms with Crippen molar-refractivity contribution in [1.29, 1.82) is 0 Å². The Hall–Kier alpha value is -2.12. The summed E-state index contributed by atoms with van der Waals surface area (Å²) in [5.41, 5.74) is 4.79. The van der Waals surface area contributed by atoms with Gasteiger partial charge in [-0.15, -0.1) is 11.3 Å². The lowest BCUT2D eigenvalue weighted by molar-refractivity contribution is 0.318. The van der Waals surface area contributed by atoms with Gasteiger partial charge in [0.05, 0.1) is 17.4 Å². The highest BCUT2D eigenvalue weighted by Crippen LogP contribution is 2.23. The lowest BCUT2D eigenvalue weighted by Crippen LogP contribution is -2.20. The molecule has 1 aliphatic rings. The number of aromatic amines is 1. The number of likely N-dealkylation sites (tertiary alicyclic amines) is 1. The molecule has 0 spiro atoms. The van der Waals surface area contributed by atoms with E-state index >= 15 is 0 Å². The minimum absolute atomic E-state index is 0.656. The van der Waals surface area contributed by atoms with Crippen molar-refractivity contribution in [2.24, 2.45) is 5.92 Å². The molecule has 1 fully saturated rings. The van der Waals surface area contributed by atoms with Gasteiger partial charge in [-0.05, 0) is 32.2 Å². The zero-order chi connectivity index (χ0) is 16.4. The van der Waals surface area contributed by atoms with Crippen LogP contribution in [0.3, 0.4) is 0 Å². The van der Waals surface area contributed by atoms with Crippen molar-refractivity contribution in [3.05, 3.63) is 46.6 Å². The fourth-order valence-corrected chi connectivity index (χ4v) is 3.82. The summed E-state index contributed by atoms with van der Waals surface area (Å²) in [5, 5.41) is 0. The molecule has 1 aliphatic heterocycles.